The number of ketones is 4. The normalized spacial score (nSPS) is 20.2. The molecule has 3 aromatic carbocycles. The number of pyridine rings is 2. The van der Waals surface area contributed by atoms with E-state index < -0.39 is 12.3 Å². The summed E-state index contributed by atoms with van der Waals surface area (Å²) in [6.07, 6.45) is 4.44. The van der Waals surface area contributed by atoms with Crippen molar-refractivity contribution in [2.24, 2.45) is 23.7 Å². The Morgan fingerprint density at radius 2 is 1.04 bits per heavy atom. The predicted octanol–water partition coefficient (Wildman–Crippen LogP) is 8.48. The molecule has 5 aromatic rings. The van der Waals surface area contributed by atoms with Crippen molar-refractivity contribution in [3.8, 4) is 17.6 Å². The van der Waals surface area contributed by atoms with Crippen LogP contribution >= 0.6 is 0 Å². The minimum Gasteiger partial charge on any atom is -0.497 e. The second-order valence-electron chi connectivity index (χ2n) is 20.3. The number of nitrogens with zero attached hydrogens (tertiary/aromatic N) is 6. The summed E-state index contributed by atoms with van der Waals surface area (Å²) in [5.41, 5.74) is 4.18. The molecule has 77 heavy (non-hydrogen) atoms. The van der Waals surface area contributed by atoms with Gasteiger partial charge in [-0.1, -0.05) is 12.1 Å². The average Bonchev–Trinajstić information content (AvgIpc) is 3.48. The molecule has 2 aromatic heterocycles. The molecule has 2 unspecified atom stereocenters. The van der Waals surface area contributed by atoms with Gasteiger partial charge in [-0.05, 0) is 154 Å². The van der Waals surface area contributed by atoms with E-state index >= 15 is 4.39 Å². The van der Waals surface area contributed by atoms with Gasteiger partial charge in [0.25, 0.3) is 11.8 Å². The number of nitriles is 1. The first-order valence-corrected chi connectivity index (χ1v) is 26.4. The van der Waals surface area contributed by atoms with Crippen LogP contribution in [0.25, 0.3) is 0 Å². The molecule has 4 atom stereocenters. The molecule has 4 fully saturated rings. The van der Waals surface area contributed by atoms with Gasteiger partial charge in [-0.25, -0.2) is 8.78 Å². The van der Waals surface area contributed by atoms with Crippen LogP contribution in [0.4, 0.5) is 8.78 Å². The average molecular weight is 1050 g/mol. The molecule has 9 rings (SSSR count). The van der Waals surface area contributed by atoms with Crippen LogP contribution in [0, 0.1) is 35.0 Å². The molecule has 17 heteroatoms. The van der Waals surface area contributed by atoms with Gasteiger partial charge in [0.05, 0.1) is 25.9 Å². The van der Waals surface area contributed by atoms with Gasteiger partial charge in [-0.2, -0.15) is 5.26 Å². The van der Waals surface area contributed by atoms with Crippen molar-refractivity contribution in [2.75, 3.05) is 66.6 Å². The van der Waals surface area contributed by atoms with Gasteiger partial charge in [-0.15, -0.1) is 0 Å². The number of amides is 2. The lowest BCUT2D eigenvalue weighted by atomic mass is 9.88. The van der Waals surface area contributed by atoms with Crippen LogP contribution in [0.5, 0.6) is 11.5 Å². The Hall–Kier alpha value is -7.55. The van der Waals surface area contributed by atoms with Crippen molar-refractivity contribution in [2.45, 2.75) is 70.3 Å². The number of nitrogens with one attached hydrogen (secondary N) is 1. The molecule has 0 spiro atoms. The fourth-order valence-corrected chi connectivity index (χ4v) is 10.5. The second-order valence-corrected chi connectivity index (χ2v) is 20.3. The molecular formula is C60H65F2N7O8. The monoisotopic (exact) mass is 1050 g/mol. The number of rotatable bonds is 16. The first-order chi connectivity index (χ1) is 37.3. The van der Waals surface area contributed by atoms with Crippen LogP contribution < -0.4 is 14.8 Å². The van der Waals surface area contributed by atoms with Crippen molar-refractivity contribution in [3.63, 3.8) is 0 Å². The minimum absolute atomic E-state index is 0.0724. The van der Waals surface area contributed by atoms with Crippen LogP contribution in [0.1, 0.15) is 125 Å². The maximum absolute atomic E-state index is 15.0. The van der Waals surface area contributed by atoms with E-state index in [4.69, 9.17) is 14.7 Å². The highest BCUT2D eigenvalue weighted by Crippen LogP contribution is 2.29. The topological polar surface area (TPSA) is 192 Å². The van der Waals surface area contributed by atoms with Gasteiger partial charge in [0, 0.05) is 105 Å². The third kappa shape index (κ3) is 14.5. The van der Waals surface area contributed by atoms with Crippen molar-refractivity contribution < 1.29 is 47.0 Å². The number of hydrogen-bond donors (Lipinski definition) is 1. The van der Waals surface area contributed by atoms with Gasteiger partial charge >= 0.3 is 0 Å². The van der Waals surface area contributed by atoms with Crippen molar-refractivity contribution in [3.05, 3.63) is 154 Å². The lowest BCUT2D eigenvalue weighted by molar-refractivity contribution is 0.0643. The molecule has 1 N–H and O–H groups in total. The number of piperidine rings is 4. The highest BCUT2D eigenvalue weighted by molar-refractivity contribution is 6.00. The van der Waals surface area contributed by atoms with Crippen molar-refractivity contribution in [1.82, 2.24) is 30.0 Å². The molecule has 6 heterocycles. The van der Waals surface area contributed by atoms with E-state index in [1.165, 1.54) is 12.4 Å². The summed E-state index contributed by atoms with van der Waals surface area (Å²) in [5.74, 6) is -0.141. The standard InChI is InChI=1S/C34H35FN4O4.C26H30FN3O4/c1-43-29-9-6-25(7-10-29)33(41)26-13-16-39(17-14-26)34(42)31-11-8-28(20-37-31)32(40)18-27-12-15-38(22-30(27)35)21-24-4-2-23(19-36)3-5-24;1-34-21-5-2-17(3-6-21)25(32)18-9-12-30(13-10-18)26(33)23-7-4-20(15-29-23)24(31)14-19-8-11-28-16-22(19)27/h2-11,20,26-27,30H,12-18,21-22H2,1H3;2-7,15,18-19,22,28H,8-14,16H2,1H3/t27?,30-;19?,22-/m11/s1. The molecule has 0 bridgehead atoms. The molecule has 0 radical (unpaired) electrons. The van der Waals surface area contributed by atoms with Crippen LogP contribution in [-0.2, 0) is 6.54 Å². The maximum Gasteiger partial charge on any atom is 0.272 e. The van der Waals surface area contributed by atoms with Crippen LogP contribution in [0.3, 0.4) is 0 Å². The number of carbonyl (C=O) groups is 6. The SMILES string of the molecule is COc1ccc(C(=O)C2CCN(C(=O)c3ccc(C(=O)CC4CCN(Cc5ccc(C#N)cc5)C[C@H]4F)cn3)CC2)cc1.COc1ccc(C(=O)C2CCN(C(=O)c3ccc(C(=O)CC4CCNC[C@H]4F)cn3)CC2)cc1. The summed E-state index contributed by atoms with van der Waals surface area (Å²) in [6, 6.07) is 29.8. The number of benzene rings is 3. The highest BCUT2D eigenvalue weighted by Gasteiger charge is 2.34. The Balaban J connectivity index is 0.000000209. The smallest absolute Gasteiger partial charge is 0.272 e. The lowest BCUT2D eigenvalue weighted by Crippen LogP contribution is -2.42. The van der Waals surface area contributed by atoms with E-state index in [0.717, 1.165) is 5.56 Å². The Morgan fingerprint density at radius 3 is 1.44 bits per heavy atom. The number of aromatic nitrogens is 2. The number of carbonyl (C=O) groups excluding carboxylic acids is 6. The number of methoxy groups -OCH3 is 2. The van der Waals surface area contributed by atoms with E-state index in [-0.39, 0.29) is 95.9 Å². The van der Waals surface area contributed by atoms with Crippen LogP contribution in [0.2, 0.25) is 0 Å². The number of Topliss-reactive ketones (excluding diaryl/α,β-unsaturated/α-hetero) is 4. The summed E-state index contributed by atoms with van der Waals surface area (Å²) in [4.78, 5) is 91.0. The zero-order chi connectivity index (χ0) is 54.4. The van der Waals surface area contributed by atoms with Crippen LogP contribution in [0.15, 0.2) is 109 Å². The maximum atomic E-state index is 15.0. The first-order valence-electron chi connectivity index (χ1n) is 26.4. The summed E-state index contributed by atoms with van der Waals surface area (Å²) < 4.78 is 39.3. The number of halogens is 2. The van der Waals surface area contributed by atoms with Gasteiger partial charge in [0.1, 0.15) is 35.2 Å². The molecule has 4 aliphatic heterocycles. The molecule has 2 amide bonds. The fourth-order valence-electron chi connectivity index (χ4n) is 10.5. The van der Waals surface area contributed by atoms with E-state index in [1.807, 2.05) is 17.0 Å². The first kappa shape index (κ1) is 55.7. The third-order valence-corrected chi connectivity index (χ3v) is 15.4. The highest BCUT2D eigenvalue weighted by atomic mass is 19.1. The van der Waals surface area contributed by atoms with E-state index in [2.05, 4.69) is 21.4 Å². The zero-order valence-corrected chi connectivity index (χ0v) is 43.6. The van der Waals surface area contributed by atoms with E-state index in [9.17, 15) is 33.2 Å². The molecule has 402 valence electrons. The minimum atomic E-state index is -1.12. The van der Waals surface area contributed by atoms with Gasteiger partial charge in [0.2, 0.25) is 0 Å². The Labute approximate surface area is 448 Å². The molecule has 0 saturated carbocycles. The third-order valence-electron chi connectivity index (χ3n) is 15.4. The fraction of sp³-hybridized carbons (Fsp3) is 0.417. The Bertz CT molecular complexity index is 2880. The largest absolute Gasteiger partial charge is 0.497 e. The quantitative estimate of drug-likeness (QED) is 0.0927. The Morgan fingerprint density at radius 1 is 0.584 bits per heavy atom. The van der Waals surface area contributed by atoms with Gasteiger partial charge in [0.15, 0.2) is 23.1 Å². The lowest BCUT2D eigenvalue weighted by Gasteiger charge is -2.34. The molecule has 0 aliphatic carbocycles. The summed E-state index contributed by atoms with van der Waals surface area (Å²) >= 11 is 0. The summed E-state index contributed by atoms with van der Waals surface area (Å²) in [6.45, 7) is 4.40. The molecule has 15 nitrogen and oxygen atoms in total. The summed E-state index contributed by atoms with van der Waals surface area (Å²) in [5, 5.41) is 11.9. The second kappa shape index (κ2) is 26.5. The number of alkyl halides is 2. The number of hydrogen-bond acceptors (Lipinski definition) is 13. The van der Waals surface area contributed by atoms with Gasteiger partial charge < -0.3 is 24.6 Å². The van der Waals surface area contributed by atoms with Crippen molar-refractivity contribution >= 4 is 34.9 Å². The molecular weight excluding hydrogens is 985 g/mol. The zero-order valence-electron chi connectivity index (χ0n) is 43.6. The van der Waals surface area contributed by atoms with E-state index in [1.54, 1.807) is 109 Å². The molecule has 4 aliphatic rings. The number of likely N-dealkylation sites (tertiary alicyclic amines) is 3. The molecule has 4 saturated heterocycles. The number of ether oxygens (including phenoxy) is 2. The van der Waals surface area contributed by atoms with E-state index in [0.29, 0.717) is 124 Å². The van der Waals surface area contributed by atoms with Crippen molar-refractivity contribution in [1.29, 1.82) is 5.26 Å². The van der Waals surface area contributed by atoms with Crippen LogP contribution in [-0.4, -0.2) is 139 Å². The Kier molecular flexibility index (Phi) is 19.1. The summed E-state index contributed by atoms with van der Waals surface area (Å²) in [7, 11) is 3.16. The predicted molar refractivity (Wildman–Crippen MR) is 284 cm³/mol. The van der Waals surface area contributed by atoms with Gasteiger partial charge in [-0.3, -0.25) is 43.6 Å².